The molecule has 3 aromatic rings. The van der Waals surface area contributed by atoms with Crippen molar-refractivity contribution in [1.29, 1.82) is 0 Å². The van der Waals surface area contributed by atoms with Crippen LogP contribution in [0.4, 0.5) is 11.4 Å². The number of esters is 2. The van der Waals surface area contributed by atoms with Gasteiger partial charge in [0.25, 0.3) is 5.91 Å². The van der Waals surface area contributed by atoms with E-state index in [1.165, 1.54) is 19.2 Å². The van der Waals surface area contributed by atoms with Gasteiger partial charge in [0.05, 0.1) is 24.3 Å². The number of hydrogen-bond donors (Lipinski definition) is 1. The molecular weight excluding hydrogens is 424 g/mol. The molecule has 1 fully saturated rings. The van der Waals surface area contributed by atoms with Gasteiger partial charge in [-0.1, -0.05) is 36.4 Å². The van der Waals surface area contributed by atoms with Crippen molar-refractivity contribution in [3.8, 4) is 0 Å². The molecule has 0 radical (unpaired) electrons. The summed E-state index contributed by atoms with van der Waals surface area (Å²) in [6.07, 6.45) is 0.0265. The van der Waals surface area contributed by atoms with Gasteiger partial charge in [-0.3, -0.25) is 14.4 Å². The van der Waals surface area contributed by atoms with Crippen molar-refractivity contribution in [3.05, 3.63) is 72.3 Å². The molecule has 1 N–H and O–H groups in total. The number of ether oxygens (including phenoxy) is 2. The maximum atomic E-state index is 12.6. The van der Waals surface area contributed by atoms with Gasteiger partial charge in [-0.2, -0.15) is 0 Å². The van der Waals surface area contributed by atoms with Crippen LogP contribution in [-0.4, -0.2) is 44.0 Å². The summed E-state index contributed by atoms with van der Waals surface area (Å²) in [5, 5.41) is 4.53. The van der Waals surface area contributed by atoms with Crippen molar-refractivity contribution in [2.75, 3.05) is 30.5 Å². The maximum absolute atomic E-state index is 12.6. The number of rotatable bonds is 6. The average molecular weight is 446 g/mol. The lowest BCUT2D eigenvalue weighted by molar-refractivity contribution is -0.151. The van der Waals surface area contributed by atoms with Crippen LogP contribution in [0.5, 0.6) is 0 Å². The third kappa shape index (κ3) is 4.85. The van der Waals surface area contributed by atoms with Crippen molar-refractivity contribution in [3.63, 3.8) is 0 Å². The van der Waals surface area contributed by atoms with E-state index in [2.05, 4.69) is 10.1 Å². The Hall–Kier alpha value is -4.20. The van der Waals surface area contributed by atoms with Crippen LogP contribution >= 0.6 is 0 Å². The van der Waals surface area contributed by atoms with Crippen molar-refractivity contribution >= 4 is 45.9 Å². The Morgan fingerprint density at radius 2 is 1.73 bits per heavy atom. The van der Waals surface area contributed by atoms with E-state index in [1.54, 1.807) is 17.0 Å². The second-order valence-electron chi connectivity index (χ2n) is 7.63. The van der Waals surface area contributed by atoms with Crippen LogP contribution in [-0.2, 0) is 23.9 Å². The number of nitrogens with zero attached hydrogens (tertiary/aromatic N) is 1. The number of hydrogen-bond acceptors (Lipinski definition) is 6. The minimum atomic E-state index is -0.649. The lowest BCUT2D eigenvalue weighted by Crippen LogP contribution is -2.28. The molecule has 0 bridgehead atoms. The molecule has 2 amide bonds. The molecule has 0 unspecified atom stereocenters. The van der Waals surface area contributed by atoms with E-state index in [0.717, 1.165) is 16.5 Å². The van der Waals surface area contributed by atoms with E-state index < -0.39 is 30.4 Å². The summed E-state index contributed by atoms with van der Waals surface area (Å²) >= 11 is 0. The number of methoxy groups -OCH3 is 1. The van der Waals surface area contributed by atoms with Gasteiger partial charge in [-0.15, -0.1) is 0 Å². The van der Waals surface area contributed by atoms with Crippen LogP contribution in [0.25, 0.3) is 10.8 Å². The molecule has 4 rings (SSSR count). The lowest BCUT2D eigenvalue weighted by atomic mass is 10.1. The topological polar surface area (TPSA) is 102 Å². The van der Waals surface area contributed by atoms with Crippen LogP contribution in [0.2, 0.25) is 0 Å². The minimum absolute atomic E-state index is 0.0265. The fourth-order valence-corrected chi connectivity index (χ4v) is 3.80. The zero-order valence-electron chi connectivity index (χ0n) is 17.9. The molecule has 8 nitrogen and oxygen atoms in total. The molecule has 0 aliphatic carbocycles. The first-order chi connectivity index (χ1) is 16.0. The fraction of sp³-hybridized carbons (Fsp3) is 0.200. The van der Waals surface area contributed by atoms with Gasteiger partial charge >= 0.3 is 11.9 Å². The first-order valence-corrected chi connectivity index (χ1v) is 10.4. The van der Waals surface area contributed by atoms with E-state index in [0.29, 0.717) is 11.3 Å². The molecule has 1 aliphatic heterocycles. The van der Waals surface area contributed by atoms with Crippen molar-refractivity contribution in [2.24, 2.45) is 5.92 Å². The molecule has 0 aromatic heterocycles. The molecule has 1 saturated heterocycles. The summed E-state index contributed by atoms with van der Waals surface area (Å²) in [7, 11) is 1.28. The smallest absolute Gasteiger partial charge is 0.337 e. The Kier molecular flexibility index (Phi) is 6.35. The summed E-state index contributed by atoms with van der Waals surface area (Å²) in [5.41, 5.74) is 1.55. The Morgan fingerprint density at radius 1 is 1.00 bits per heavy atom. The Morgan fingerprint density at radius 3 is 2.48 bits per heavy atom. The summed E-state index contributed by atoms with van der Waals surface area (Å²) in [5.74, 6) is -2.41. The van der Waals surface area contributed by atoms with Crippen molar-refractivity contribution in [2.45, 2.75) is 6.42 Å². The van der Waals surface area contributed by atoms with E-state index in [9.17, 15) is 19.2 Å². The predicted molar refractivity (Wildman–Crippen MR) is 122 cm³/mol. The first kappa shape index (κ1) is 22.0. The van der Waals surface area contributed by atoms with Gasteiger partial charge in [-0.25, -0.2) is 4.79 Å². The molecule has 1 atom stereocenters. The molecule has 8 heteroatoms. The minimum Gasteiger partial charge on any atom is -0.465 e. The normalized spacial score (nSPS) is 15.4. The molecule has 168 valence electrons. The second-order valence-corrected chi connectivity index (χ2v) is 7.63. The monoisotopic (exact) mass is 446 g/mol. The van der Waals surface area contributed by atoms with E-state index in [-0.39, 0.29) is 18.9 Å². The molecule has 0 saturated carbocycles. The van der Waals surface area contributed by atoms with E-state index in [1.807, 2.05) is 42.5 Å². The highest BCUT2D eigenvalue weighted by Gasteiger charge is 2.36. The van der Waals surface area contributed by atoms with Crippen LogP contribution in [0.3, 0.4) is 0 Å². The fourth-order valence-electron chi connectivity index (χ4n) is 3.80. The van der Waals surface area contributed by atoms with Gasteiger partial charge in [0.15, 0.2) is 6.61 Å². The third-order valence-electron chi connectivity index (χ3n) is 5.45. The third-order valence-corrected chi connectivity index (χ3v) is 5.45. The highest BCUT2D eigenvalue weighted by atomic mass is 16.5. The maximum Gasteiger partial charge on any atom is 0.337 e. The van der Waals surface area contributed by atoms with Crippen LogP contribution in [0.1, 0.15) is 16.8 Å². The SMILES string of the molecule is COC(=O)c1ccc(NC(=O)COC(=O)[C@H]2CC(=O)N(c3cccc4ccccc34)C2)cc1. The number of fused-ring (bicyclic) bond motifs is 1. The largest absolute Gasteiger partial charge is 0.465 e. The van der Waals surface area contributed by atoms with Gasteiger partial charge in [0.2, 0.25) is 5.91 Å². The Bertz CT molecular complexity index is 1220. The summed E-state index contributed by atoms with van der Waals surface area (Å²) in [6.45, 7) is -0.279. The van der Waals surface area contributed by atoms with Gasteiger partial charge in [0.1, 0.15) is 0 Å². The first-order valence-electron chi connectivity index (χ1n) is 10.4. The van der Waals surface area contributed by atoms with Crippen molar-refractivity contribution in [1.82, 2.24) is 0 Å². The molecular formula is C25H22N2O6. The summed E-state index contributed by atoms with van der Waals surface area (Å²) in [6, 6.07) is 19.5. The van der Waals surface area contributed by atoms with Crippen molar-refractivity contribution < 1.29 is 28.7 Å². The van der Waals surface area contributed by atoms with Gasteiger partial charge in [-0.05, 0) is 35.7 Å². The number of amides is 2. The quantitative estimate of drug-likeness (QED) is 0.584. The molecule has 1 heterocycles. The average Bonchev–Trinajstić information content (AvgIpc) is 3.23. The zero-order chi connectivity index (χ0) is 23.4. The van der Waals surface area contributed by atoms with Crippen LogP contribution in [0.15, 0.2) is 66.7 Å². The number of nitrogens with one attached hydrogen (secondary N) is 1. The van der Waals surface area contributed by atoms with Crippen LogP contribution < -0.4 is 10.2 Å². The van der Waals surface area contributed by atoms with Gasteiger partial charge in [0, 0.05) is 24.0 Å². The Labute approximate surface area is 190 Å². The standard InChI is InChI=1S/C25H22N2O6/c1-32-24(30)17-9-11-19(12-10-17)26-22(28)15-33-25(31)18-13-23(29)27(14-18)21-8-4-6-16-5-2-3-7-20(16)21/h2-12,18H,13-15H2,1H3,(H,26,28)/t18-/m0/s1. The van der Waals surface area contributed by atoms with Crippen LogP contribution in [0, 0.1) is 5.92 Å². The highest BCUT2D eigenvalue weighted by Crippen LogP contribution is 2.32. The zero-order valence-corrected chi connectivity index (χ0v) is 17.9. The summed E-state index contributed by atoms with van der Waals surface area (Å²) < 4.78 is 9.78. The van der Waals surface area contributed by atoms with E-state index in [4.69, 9.17) is 4.74 Å². The highest BCUT2D eigenvalue weighted by molar-refractivity contribution is 6.06. The lowest BCUT2D eigenvalue weighted by Gasteiger charge is -2.18. The van der Waals surface area contributed by atoms with Gasteiger partial charge < -0.3 is 19.7 Å². The Balaban J connectivity index is 1.33. The number of carbonyl (C=O) groups excluding carboxylic acids is 4. The number of anilines is 2. The summed E-state index contributed by atoms with van der Waals surface area (Å²) in [4.78, 5) is 50.3. The molecule has 0 spiro atoms. The predicted octanol–water partition coefficient (Wildman–Crippen LogP) is 3.16. The number of benzene rings is 3. The molecule has 1 aliphatic rings. The van der Waals surface area contributed by atoms with E-state index >= 15 is 0 Å². The molecule has 33 heavy (non-hydrogen) atoms. The number of carbonyl (C=O) groups is 4. The second kappa shape index (κ2) is 9.52. The molecule has 3 aromatic carbocycles.